The third-order valence-corrected chi connectivity index (χ3v) is 5.05. The number of thioether (sulfide) groups is 1. The minimum atomic E-state index is -0.599. The Kier molecular flexibility index (Phi) is 6.25. The summed E-state index contributed by atoms with van der Waals surface area (Å²) in [7, 11) is 0. The summed E-state index contributed by atoms with van der Waals surface area (Å²) in [5, 5.41) is 12.5. The Balaban J connectivity index is 1.57. The Labute approximate surface area is 168 Å². The molecule has 0 bridgehead atoms. The van der Waals surface area contributed by atoms with Crippen LogP contribution in [0.15, 0.2) is 68.7 Å². The van der Waals surface area contributed by atoms with Crippen LogP contribution in [0.4, 0.5) is 10.5 Å². The molecule has 2 N–H and O–H groups in total. The smallest absolute Gasteiger partial charge is 0.325 e. The fourth-order valence-corrected chi connectivity index (χ4v) is 3.24. The lowest BCUT2D eigenvalue weighted by atomic mass is 10.2. The second kappa shape index (κ2) is 8.83. The van der Waals surface area contributed by atoms with Crippen LogP contribution in [0.3, 0.4) is 0 Å². The number of urea groups is 1. The van der Waals surface area contributed by atoms with Crippen molar-refractivity contribution in [2.24, 2.45) is 0 Å². The lowest BCUT2D eigenvalue weighted by Crippen LogP contribution is -2.38. The van der Waals surface area contributed by atoms with Gasteiger partial charge in [-0.25, -0.2) is 4.79 Å². The molecule has 0 aliphatic heterocycles. The van der Waals surface area contributed by atoms with Crippen LogP contribution in [0.1, 0.15) is 6.92 Å². The highest BCUT2D eigenvalue weighted by Crippen LogP contribution is 2.30. The van der Waals surface area contributed by atoms with Gasteiger partial charge in [0.25, 0.3) is 5.22 Å². The second-order valence-corrected chi connectivity index (χ2v) is 7.57. The third-order valence-electron chi connectivity index (χ3n) is 3.43. The van der Waals surface area contributed by atoms with Crippen LogP contribution in [0.5, 0.6) is 0 Å². The van der Waals surface area contributed by atoms with Gasteiger partial charge in [0.15, 0.2) is 0 Å². The van der Waals surface area contributed by atoms with Crippen molar-refractivity contribution in [1.82, 2.24) is 15.5 Å². The number of carbonyl (C=O) groups is 2. The van der Waals surface area contributed by atoms with Crippen LogP contribution in [-0.4, -0.2) is 27.4 Å². The molecule has 1 unspecified atom stereocenters. The molecule has 9 heteroatoms. The van der Waals surface area contributed by atoms with E-state index in [0.29, 0.717) is 11.6 Å². The van der Waals surface area contributed by atoms with Gasteiger partial charge in [0.1, 0.15) is 0 Å². The molecule has 0 fully saturated rings. The number of nitrogens with one attached hydrogen (secondary N) is 2. The maximum atomic E-state index is 12.2. The molecule has 0 saturated heterocycles. The zero-order valence-corrected chi connectivity index (χ0v) is 16.6. The van der Waals surface area contributed by atoms with Crippen molar-refractivity contribution in [3.8, 4) is 11.5 Å². The van der Waals surface area contributed by atoms with Gasteiger partial charge in [0.2, 0.25) is 11.8 Å². The first-order chi connectivity index (χ1) is 13.0. The lowest BCUT2D eigenvalue weighted by molar-refractivity contribution is -0.119. The summed E-state index contributed by atoms with van der Waals surface area (Å²) in [4.78, 5) is 24.1. The van der Waals surface area contributed by atoms with Gasteiger partial charge >= 0.3 is 6.03 Å². The van der Waals surface area contributed by atoms with E-state index in [-0.39, 0.29) is 5.22 Å². The van der Waals surface area contributed by atoms with Crippen LogP contribution in [-0.2, 0) is 4.79 Å². The second-order valence-electron chi connectivity index (χ2n) is 5.42. The number of hydrogen-bond acceptors (Lipinski definition) is 6. The number of hydrogen-bond donors (Lipinski definition) is 2. The molecule has 1 atom stereocenters. The molecule has 0 aliphatic rings. The average molecular weight is 447 g/mol. The minimum Gasteiger partial charge on any atom is -0.411 e. The average Bonchev–Trinajstić information content (AvgIpc) is 3.11. The molecule has 7 nitrogen and oxygen atoms in total. The fourth-order valence-electron chi connectivity index (χ4n) is 2.10. The maximum absolute atomic E-state index is 12.2. The van der Waals surface area contributed by atoms with Gasteiger partial charge in [-0.05, 0) is 47.1 Å². The zero-order chi connectivity index (χ0) is 19.2. The number of anilines is 1. The van der Waals surface area contributed by atoms with Crippen LogP contribution < -0.4 is 10.6 Å². The number of nitrogens with zero attached hydrogens (tertiary/aromatic N) is 2. The molecular formula is C18H15BrN4O3S. The Morgan fingerprint density at radius 2 is 1.78 bits per heavy atom. The first-order valence-electron chi connectivity index (χ1n) is 7.95. The molecule has 0 aliphatic carbocycles. The van der Waals surface area contributed by atoms with E-state index in [1.165, 1.54) is 0 Å². The van der Waals surface area contributed by atoms with Gasteiger partial charge in [0.05, 0.1) is 10.8 Å². The van der Waals surface area contributed by atoms with E-state index in [0.717, 1.165) is 21.8 Å². The monoisotopic (exact) mass is 446 g/mol. The van der Waals surface area contributed by atoms with Gasteiger partial charge < -0.3 is 9.73 Å². The van der Waals surface area contributed by atoms with Crippen molar-refractivity contribution in [2.75, 3.05) is 5.32 Å². The van der Waals surface area contributed by atoms with Gasteiger partial charge in [0, 0.05) is 10.2 Å². The van der Waals surface area contributed by atoms with Crippen LogP contribution >= 0.6 is 27.7 Å². The molecule has 1 heterocycles. The van der Waals surface area contributed by atoms with Crippen molar-refractivity contribution >= 4 is 45.3 Å². The van der Waals surface area contributed by atoms with Crippen molar-refractivity contribution < 1.29 is 14.0 Å². The van der Waals surface area contributed by atoms with E-state index < -0.39 is 17.2 Å². The van der Waals surface area contributed by atoms with Crippen LogP contribution in [0.25, 0.3) is 11.5 Å². The van der Waals surface area contributed by atoms with Crippen molar-refractivity contribution in [3.63, 3.8) is 0 Å². The molecule has 0 spiro atoms. The summed E-state index contributed by atoms with van der Waals surface area (Å²) in [5.41, 5.74) is 1.36. The van der Waals surface area contributed by atoms with Gasteiger partial charge in [-0.3, -0.25) is 10.1 Å². The number of carbonyl (C=O) groups excluding carboxylic acids is 2. The molecule has 1 aromatic heterocycles. The number of para-hydroxylation sites is 1. The maximum Gasteiger partial charge on any atom is 0.325 e. The quantitative estimate of drug-likeness (QED) is 0.566. The predicted octanol–water partition coefficient (Wildman–Crippen LogP) is 4.33. The van der Waals surface area contributed by atoms with Gasteiger partial charge in [-0.1, -0.05) is 42.1 Å². The van der Waals surface area contributed by atoms with Crippen molar-refractivity contribution in [3.05, 3.63) is 59.1 Å². The normalized spacial score (nSPS) is 11.6. The van der Waals surface area contributed by atoms with Crippen molar-refractivity contribution in [1.29, 1.82) is 0 Å². The molecule has 0 radical (unpaired) electrons. The predicted molar refractivity (Wildman–Crippen MR) is 106 cm³/mol. The topological polar surface area (TPSA) is 97.1 Å². The molecule has 138 valence electrons. The number of imide groups is 1. The van der Waals surface area contributed by atoms with Gasteiger partial charge in [-0.2, -0.15) is 0 Å². The minimum absolute atomic E-state index is 0.242. The number of aromatic nitrogens is 2. The first-order valence-corrected chi connectivity index (χ1v) is 9.62. The summed E-state index contributed by atoms with van der Waals surface area (Å²) in [5.74, 6) is -0.117. The van der Waals surface area contributed by atoms with E-state index >= 15 is 0 Å². The molecule has 2 aromatic carbocycles. The summed E-state index contributed by atoms with van der Waals surface area (Å²) >= 11 is 4.50. The molecule has 3 rings (SSSR count). The third kappa shape index (κ3) is 5.18. The zero-order valence-electron chi connectivity index (χ0n) is 14.2. The molecule has 3 aromatic rings. The van der Waals surface area contributed by atoms with Crippen molar-refractivity contribution in [2.45, 2.75) is 17.4 Å². The highest BCUT2D eigenvalue weighted by molar-refractivity contribution is 9.10. The summed E-state index contributed by atoms with van der Waals surface area (Å²) in [6, 6.07) is 15.7. The first kappa shape index (κ1) is 19.1. The number of amides is 3. The standard InChI is InChI=1S/C18H15BrN4O3S/c1-11(15(24)21-17(25)20-12-7-3-2-4-8-12)27-18-23-22-16(26-18)13-9-5-6-10-14(13)19/h2-11H,1H3,(H2,20,21,24,25). The molecular weight excluding hydrogens is 432 g/mol. The largest absolute Gasteiger partial charge is 0.411 e. The highest BCUT2D eigenvalue weighted by Gasteiger charge is 2.21. The molecule has 27 heavy (non-hydrogen) atoms. The number of halogens is 1. The Morgan fingerprint density at radius 3 is 2.52 bits per heavy atom. The van der Waals surface area contributed by atoms with E-state index in [4.69, 9.17) is 4.42 Å². The SMILES string of the molecule is CC(Sc1nnc(-c2ccccc2Br)o1)C(=O)NC(=O)Nc1ccccc1. The van der Waals surface area contributed by atoms with Gasteiger partial charge in [-0.15, -0.1) is 10.2 Å². The Hall–Kier alpha value is -2.65. The summed E-state index contributed by atoms with van der Waals surface area (Å²) in [6.07, 6.45) is 0. The van der Waals surface area contributed by atoms with E-state index in [2.05, 4.69) is 36.8 Å². The van der Waals surface area contributed by atoms with E-state index in [1.54, 1.807) is 31.2 Å². The highest BCUT2D eigenvalue weighted by atomic mass is 79.9. The summed E-state index contributed by atoms with van der Waals surface area (Å²) in [6.45, 7) is 1.65. The Bertz CT molecular complexity index is 949. The fraction of sp³-hybridized carbons (Fsp3) is 0.111. The molecule has 3 amide bonds. The Morgan fingerprint density at radius 1 is 1.07 bits per heavy atom. The van der Waals surface area contributed by atoms with E-state index in [9.17, 15) is 9.59 Å². The summed E-state index contributed by atoms with van der Waals surface area (Å²) < 4.78 is 6.43. The molecule has 0 saturated carbocycles. The van der Waals surface area contributed by atoms with E-state index in [1.807, 2.05) is 30.3 Å². The number of rotatable bonds is 5. The lowest BCUT2D eigenvalue weighted by Gasteiger charge is -2.10. The van der Waals surface area contributed by atoms with Crippen LogP contribution in [0, 0.1) is 0 Å². The number of benzene rings is 2. The van der Waals surface area contributed by atoms with Crippen LogP contribution in [0.2, 0.25) is 0 Å².